The molecule has 1 aromatic heterocycles. The molecule has 0 bridgehead atoms. The Morgan fingerprint density at radius 3 is 3.06 bits per heavy atom. The minimum Gasteiger partial charge on any atom is -0.497 e. The van der Waals surface area contributed by atoms with Crippen LogP contribution in [0.1, 0.15) is 12.8 Å². The molecule has 2 heterocycles. The van der Waals surface area contributed by atoms with Crippen molar-refractivity contribution in [2.45, 2.75) is 18.9 Å². The van der Waals surface area contributed by atoms with Gasteiger partial charge in [-0.3, -0.25) is 0 Å². The fourth-order valence-electron chi connectivity index (χ4n) is 2.11. The largest absolute Gasteiger partial charge is 0.497 e. The molecule has 0 saturated heterocycles. The first kappa shape index (κ1) is 11.0. The van der Waals surface area contributed by atoms with Crippen molar-refractivity contribution in [1.29, 1.82) is 0 Å². The van der Waals surface area contributed by atoms with Gasteiger partial charge in [-0.2, -0.15) is 0 Å². The molecule has 3 rings (SSSR count). The van der Waals surface area contributed by atoms with E-state index in [1.165, 1.54) is 0 Å². The van der Waals surface area contributed by atoms with E-state index in [2.05, 4.69) is 15.3 Å². The maximum atomic E-state index is 11.1. The number of allylic oxidation sites excluding steroid dienone is 1. The van der Waals surface area contributed by atoms with E-state index in [0.29, 0.717) is 0 Å². The van der Waals surface area contributed by atoms with Crippen molar-refractivity contribution in [3.8, 4) is 0 Å². The van der Waals surface area contributed by atoms with Gasteiger partial charge in [0.25, 0.3) is 0 Å². The van der Waals surface area contributed by atoms with E-state index in [9.17, 15) is 4.79 Å². The summed E-state index contributed by atoms with van der Waals surface area (Å²) in [5.41, 5.74) is 2.44. The minimum atomic E-state index is -0.178. The summed E-state index contributed by atoms with van der Waals surface area (Å²) in [4.78, 5) is 16.6. The monoisotopic (exact) mass is 245 g/mol. The summed E-state index contributed by atoms with van der Waals surface area (Å²) in [7, 11) is 0. The Hall–Kier alpha value is -2.17. The van der Waals surface area contributed by atoms with Crippen molar-refractivity contribution < 1.29 is 4.74 Å². The van der Waals surface area contributed by atoms with Gasteiger partial charge in [-0.1, -0.05) is 0 Å². The molecule has 18 heavy (non-hydrogen) atoms. The third-order valence-electron chi connectivity index (χ3n) is 3.07. The quantitative estimate of drug-likeness (QED) is 0.774. The van der Waals surface area contributed by atoms with E-state index < -0.39 is 0 Å². The molecule has 0 aliphatic carbocycles. The van der Waals surface area contributed by atoms with Crippen LogP contribution >= 0.6 is 0 Å². The molecule has 5 heteroatoms. The lowest BCUT2D eigenvalue weighted by atomic mass is 10.1. The van der Waals surface area contributed by atoms with Crippen molar-refractivity contribution >= 4 is 16.7 Å². The second-order valence-corrected chi connectivity index (χ2v) is 4.43. The Morgan fingerprint density at radius 1 is 1.33 bits per heavy atom. The molecule has 0 spiro atoms. The first-order valence-corrected chi connectivity index (χ1v) is 6.08. The standard InChI is InChI=1S/C13H15N3O2/c17-13-15-11-5-4-9(7-12(11)16-13)14-8-10-3-1-2-6-18-10/h2,4-7,10,14H,1,3,8H2,(H2,15,16,17). The van der Waals surface area contributed by atoms with Gasteiger partial charge in [0.15, 0.2) is 0 Å². The highest BCUT2D eigenvalue weighted by atomic mass is 16.5. The van der Waals surface area contributed by atoms with Gasteiger partial charge >= 0.3 is 5.69 Å². The van der Waals surface area contributed by atoms with Crippen molar-refractivity contribution in [3.63, 3.8) is 0 Å². The molecule has 1 aromatic carbocycles. The second-order valence-electron chi connectivity index (χ2n) is 4.43. The van der Waals surface area contributed by atoms with Crippen molar-refractivity contribution in [2.24, 2.45) is 0 Å². The number of aromatic nitrogens is 2. The van der Waals surface area contributed by atoms with E-state index in [-0.39, 0.29) is 11.8 Å². The van der Waals surface area contributed by atoms with Gasteiger partial charge in [0.05, 0.1) is 23.8 Å². The molecule has 2 aromatic rings. The zero-order chi connectivity index (χ0) is 12.4. The summed E-state index contributed by atoms with van der Waals surface area (Å²) >= 11 is 0. The van der Waals surface area contributed by atoms with Crippen LogP contribution < -0.4 is 11.0 Å². The van der Waals surface area contributed by atoms with Crippen LogP contribution in [0, 0.1) is 0 Å². The number of nitrogens with one attached hydrogen (secondary N) is 3. The Morgan fingerprint density at radius 2 is 2.22 bits per heavy atom. The molecule has 1 atom stereocenters. The average molecular weight is 245 g/mol. The lowest BCUT2D eigenvalue weighted by Gasteiger charge is -2.20. The topological polar surface area (TPSA) is 69.9 Å². The van der Waals surface area contributed by atoms with Gasteiger partial charge in [0, 0.05) is 5.69 Å². The van der Waals surface area contributed by atoms with E-state index >= 15 is 0 Å². The smallest absolute Gasteiger partial charge is 0.323 e. The zero-order valence-electron chi connectivity index (χ0n) is 9.90. The molecule has 1 aliphatic heterocycles. The Balaban J connectivity index is 1.70. The highest BCUT2D eigenvalue weighted by Crippen LogP contribution is 2.16. The predicted octanol–water partition coefficient (Wildman–Crippen LogP) is 1.96. The summed E-state index contributed by atoms with van der Waals surface area (Å²) in [5, 5.41) is 3.32. The first-order chi connectivity index (χ1) is 8.81. The van der Waals surface area contributed by atoms with Gasteiger partial charge in [-0.25, -0.2) is 4.79 Å². The molecular weight excluding hydrogens is 230 g/mol. The minimum absolute atomic E-state index is 0.178. The highest BCUT2D eigenvalue weighted by Gasteiger charge is 2.10. The van der Waals surface area contributed by atoms with Crippen molar-refractivity contribution in [1.82, 2.24) is 9.97 Å². The Bertz CT molecular complexity index is 626. The number of hydrogen-bond acceptors (Lipinski definition) is 3. The fourth-order valence-corrected chi connectivity index (χ4v) is 2.11. The van der Waals surface area contributed by atoms with Crippen LogP contribution in [0.3, 0.4) is 0 Å². The molecule has 0 radical (unpaired) electrons. The number of rotatable bonds is 3. The van der Waals surface area contributed by atoms with Crippen LogP contribution in [0.4, 0.5) is 5.69 Å². The van der Waals surface area contributed by atoms with Crippen LogP contribution in [0.2, 0.25) is 0 Å². The number of anilines is 1. The maximum absolute atomic E-state index is 11.1. The third-order valence-corrected chi connectivity index (χ3v) is 3.07. The van der Waals surface area contributed by atoms with Gasteiger partial charge < -0.3 is 20.0 Å². The van der Waals surface area contributed by atoms with Crippen molar-refractivity contribution in [3.05, 3.63) is 41.0 Å². The van der Waals surface area contributed by atoms with Gasteiger partial charge in [-0.15, -0.1) is 0 Å². The van der Waals surface area contributed by atoms with E-state index in [4.69, 9.17) is 4.74 Å². The number of benzene rings is 1. The Labute approximate surface area is 104 Å². The number of H-pyrrole nitrogens is 2. The van der Waals surface area contributed by atoms with Gasteiger partial charge in [0.1, 0.15) is 6.10 Å². The third kappa shape index (κ3) is 2.25. The molecule has 0 fully saturated rings. The number of imidazole rings is 1. The normalized spacial score (nSPS) is 18.8. The molecule has 0 saturated carbocycles. The lowest BCUT2D eigenvalue weighted by Crippen LogP contribution is -2.22. The maximum Gasteiger partial charge on any atom is 0.323 e. The van der Waals surface area contributed by atoms with Crippen LogP contribution in [0.5, 0.6) is 0 Å². The Kier molecular flexibility index (Phi) is 2.80. The van der Waals surface area contributed by atoms with Crippen LogP contribution in [0.15, 0.2) is 35.3 Å². The van der Waals surface area contributed by atoms with E-state index in [1.807, 2.05) is 24.3 Å². The predicted molar refractivity (Wildman–Crippen MR) is 70.7 cm³/mol. The van der Waals surface area contributed by atoms with E-state index in [0.717, 1.165) is 36.1 Å². The van der Waals surface area contributed by atoms with Gasteiger partial charge in [0.2, 0.25) is 0 Å². The van der Waals surface area contributed by atoms with Crippen LogP contribution in [0.25, 0.3) is 11.0 Å². The molecule has 5 nitrogen and oxygen atoms in total. The zero-order valence-corrected chi connectivity index (χ0v) is 9.90. The molecule has 1 unspecified atom stereocenters. The van der Waals surface area contributed by atoms with Crippen molar-refractivity contribution in [2.75, 3.05) is 11.9 Å². The van der Waals surface area contributed by atoms with Crippen LogP contribution in [-0.2, 0) is 4.74 Å². The van der Waals surface area contributed by atoms with Crippen LogP contribution in [-0.4, -0.2) is 22.6 Å². The summed E-state index contributed by atoms with van der Waals surface area (Å²) in [6, 6.07) is 5.76. The summed E-state index contributed by atoms with van der Waals surface area (Å²) in [5.74, 6) is 0. The molecule has 94 valence electrons. The SMILES string of the molecule is O=c1[nH]c2ccc(NCC3CCC=CO3)cc2[nH]1. The summed E-state index contributed by atoms with van der Waals surface area (Å²) in [6.45, 7) is 0.768. The highest BCUT2D eigenvalue weighted by molar-refractivity contribution is 5.78. The summed E-state index contributed by atoms with van der Waals surface area (Å²) < 4.78 is 5.48. The number of aromatic amines is 2. The van der Waals surface area contributed by atoms with Gasteiger partial charge in [-0.05, 0) is 37.1 Å². The lowest BCUT2D eigenvalue weighted by molar-refractivity contribution is 0.135. The second kappa shape index (κ2) is 4.60. The molecule has 3 N–H and O–H groups in total. The molecule has 0 amide bonds. The van der Waals surface area contributed by atoms with E-state index in [1.54, 1.807) is 6.26 Å². The number of ether oxygens (including phenoxy) is 1. The molecular formula is C13H15N3O2. The fraction of sp³-hybridized carbons (Fsp3) is 0.308. The summed E-state index contributed by atoms with van der Waals surface area (Å²) in [6.07, 6.45) is 6.12. The number of hydrogen-bond donors (Lipinski definition) is 3. The molecule has 1 aliphatic rings. The number of fused-ring (bicyclic) bond motifs is 1. The average Bonchev–Trinajstić information content (AvgIpc) is 2.77. The first-order valence-electron chi connectivity index (χ1n) is 6.08.